The van der Waals surface area contributed by atoms with Crippen molar-refractivity contribution in [1.82, 2.24) is 40.9 Å². The summed E-state index contributed by atoms with van der Waals surface area (Å²) in [7, 11) is 0. The monoisotopic (exact) mass is 823 g/mol. The van der Waals surface area contributed by atoms with Gasteiger partial charge in [-0.2, -0.15) is 10.1 Å². The van der Waals surface area contributed by atoms with Gasteiger partial charge in [0, 0.05) is 53.3 Å². The standard InChI is InChI=1S/C47H53N9O5/c1-28-23-33(11-12-34(28)26-49-44(59)45-52-46(55-61-45)47(3,4)5)41-37-25-35(27-48-42(37)54-53-41)31-9-7-30(8-10-31)32-17-20-56(21-18-32)19-6-22-60-36-13-14-38(29(2)24-36)50-39-15-16-40(57)51-43(39)58/h7-14,23-25,27,32,39,50H,6,15-22,26H2,1-5H3,(H,49,59)(H,48,53,54)(H,51,57,58). The molecule has 1 unspecified atom stereocenters. The van der Waals surface area contributed by atoms with E-state index in [1.165, 1.54) is 5.56 Å². The zero-order valence-electron chi connectivity index (χ0n) is 35.4. The van der Waals surface area contributed by atoms with Gasteiger partial charge in [0.15, 0.2) is 11.5 Å². The molecule has 1 atom stereocenters. The Hall–Kier alpha value is -6.41. The van der Waals surface area contributed by atoms with Crippen LogP contribution in [0.5, 0.6) is 5.75 Å². The summed E-state index contributed by atoms with van der Waals surface area (Å²) in [5, 5.41) is 21.1. The SMILES string of the molecule is Cc1cc(-c2[nH]nc3ncc(-c4ccc(C5CCN(CCCOc6ccc(NC7CCC(=O)NC7=O)c(C)c6)CC5)cc4)cc23)ccc1CNC(=O)c1nc(C(C)(C)C)no1. The van der Waals surface area contributed by atoms with Gasteiger partial charge in [-0.3, -0.25) is 24.8 Å². The van der Waals surface area contributed by atoms with E-state index in [1.807, 2.05) is 71.1 Å². The van der Waals surface area contributed by atoms with Crippen LogP contribution >= 0.6 is 0 Å². The van der Waals surface area contributed by atoms with Crippen molar-refractivity contribution in [1.29, 1.82) is 0 Å². The first-order valence-electron chi connectivity index (χ1n) is 21.1. The van der Waals surface area contributed by atoms with Gasteiger partial charge >= 0.3 is 11.8 Å². The first kappa shape index (κ1) is 41.3. The Morgan fingerprint density at radius 1 is 0.934 bits per heavy atom. The first-order chi connectivity index (χ1) is 29.4. The maximum absolute atomic E-state index is 12.7. The third-order valence-electron chi connectivity index (χ3n) is 11.7. The molecule has 0 radical (unpaired) electrons. The van der Waals surface area contributed by atoms with Gasteiger partial charge in [-0.1, -0.05) is 62.3 Å². The maximum atomic E-state index is 12.7. The van der Waals surface area contributed by atoms with Crippen LogP contribution in [0.2, 0.25) is 0 Å². The molecule has 3 aromatic heterocycles. The summed E-state index contributed by atoms with van der Waals surface area (Å²) >= 11 is 0. The van der Waals surface area contributed by atoms with Crippen molar-refractivity contribution in [2.45, 2.75) is 90.6 Å². The molecule has 14 nitrogen and oxygen atoms in total. The minimum absolute atomic E-state index is 0.0439. The Labute approximate surface area is 355 Å². The lowest BCUT2D eigenvalue weighted by Gasteiger charge is -2.32. The van der Waals surface area contributed by atoms with Gasteiger partial charge in [0.2, 0.25) is 11.8 Å². The number of aromatic nitrogens is 5. The lowest BCUT2D eigenvalue weighted by molar-refractivity contribution is -0.133. The number of hydrogen-bond donors (Lipinski definition) is 4. The van der Waals surface area contributed by atoms with E-state index in [0.717, 1.165) is 94.8 Å². The zero-order chi connectivity index (χ0) is 42.7. The molecule has 6 aromatic rings. The molecule has 3 amide bonds. The number of pyridine rings is 1. The quantitative estimate of drug-likeness (QED) is 0.0674. The van der Waals surface area contributed by atoms with Crippen LogP contribution < -0.4 is 20.7 Å². The number of ether oxygens (including phenoxy) is 1. The Bertz CT molecular complexity index is 2550. The zero-order valence-corrected chi connectivity index (χ0v) is 35.4. The molecule has 0 saturated carbocycles. The van der Waals surface area contributed by atoms with E-state index in [1.54, 1.807) is 0 Å². The number of imide groups is 1. The predicted molar refractivity (Wildman–Crippen MR) is 233 cm³/mol. The molecule has 2 aliphatic heterocycles. The number of fused-ring (bicyclic) bond motifs is 1. The summed E-state index contributed by atoms with van der Waals surface area (Å²) in [6.45, 7) is 14.0. The number of aromatic amines is 1. The molecule has 14 heteroatoms. The topological polar surface area (TPSA) is 180 Å². The molecular weight excluding hydrogens is 771 g/mol. The number of nitrogens with zero attached hydrogens (tertiary/aromatic N) is 5. The third-order valence-corrected chi connectivity index (χ3v) is 11.7. The van der Waals surface area contributed by atoms with Gasteiger partial charge < -0.3 is 24.8 Å². The highest BCUT2D eigenvalue weighted by atomic mass is 16.5. The van der Waals surface area contributed by atoms with Crippen LogP contribution in [-0.4, -0.2) is 80.2 Å². The lowest BCUT2D eigenvalue weighted by atomic mass is 9.88. The number of anilines is 1. The molecule has 0 aliphatic carbocycles. The molecular formula is C47H53N9O5. The van der Waals surface area contributed by atoms with Crippen molar-refractivity contribution in [3.05, 3.63) is 107 Å². The van der Waals surface area contributed by atoms with Crippen LogP contribution in [0.15, 0.2) is 77.4 Å². The molecule has 0 spiro atoms. The third kappa shape index (κ3) is 9.65. The van der Waals surface area contributed by atoms with Crippen molar-refractivity contribution in [3.63, 3.8) is 0 Å². The summed E-state index contributed by atoms with van der Waals surface area (Å²) in [6.07, 6.45) is 5.90. The summed E-state index contributed by atoms with van der Waals surface area (Å²) in [4.78, 5) is 47.8. The summed E-state index contributed by atoms with van der Waals surface area (Å²) in [5.74, 6) is 0.886. The van der Waals surface area contributed by atoms with E-state index in [9.17, 15) is 14.4 Å². The average Bonchev–Trinajstić information content (AvgIpc) is 3.93. The smallest absolute Gasteiger partial charge is 0.315 e. The highest BCUT2D eigenvalue weighted by Gasteiger charge is 2.27. The van der Waals surface area contributed by atoms with Gasteiger partial charge in [-0.25, -0.2) is 4.98 Å². The van der Waals surface area contributed by atoms with E-state index in [-0.39, 0.29) is 23.1 Å². The van der Waals surface area contributed by atoms with Crippen LogP contribution in [0.25, 0.3) is 33.4 Å². The number of hydrogen-bond acceptors (Lipinski definition) is 11. The van der Waals surface area contributed by atoms with Gasteiger partial charge in [0.1, 0.15) is 11.8 Å². The number of rotatable bonds is 13. The van der Waals surface area contributed by atoms with Crippen LogP contribution in [0.1, 0.15) is 97.6 Å². The largest absolute Gasteiger partial charge is 0.494 e. The fraction of sp³-hybridized carbons (Fsp3) is 0.383. The van der Waals surface area contributed by atoms with Gasteiger partial charge in [-0.15, -0.1) is 0 Å². The van der Waals surface area contributed by atoms with Gasteiger partial charge in [0.25, 0.3) is 0 Å². The maximum Gasteiger partial charge on any atom is 0.315 e. The van der Waals surface area contributed by atoms with E-state index in [0.29, 0.717) is 43.4 Å². The minimum Gasteiger partial charge on any atom is -0.494 e. The second-order valence-corrected chi connectivity index (χ2v) is 17.3. The van der Waals surface area contributed by atoms with E-state index in [4.69, 9.17) is 14.2 Å². The van der Waals surface area contributed by atoms with Crippen LogP contribution in [0.4, 0.5) is 5.69 Å². The van der Waals surface area contributed by atoms with Crippen molar-refractivity contribution >= 4 is 34.4 Å². The number of carbonyl (C=O) groups excluding carboxylic acids is 3. The molecule has 316 valence electrons. The average molecular weight is 824 g/mol. The Kier molecular flexibility index (Phi) is 12.0. The molecule has 2 saturated heterocycles. The van der Waals surface area contributed by atoms with Crippen molar-refractivity contribution in [2.24, 2.45) is 0 Å². The van der Waals surface area contributed by atoms with Crippen molar-refractivity contribution in [3.8, 4) is 28.1 Å². The Morgan fingerprint density at radius 3 is 2.44 bits per heavy atom. The second-order valence-electron chi connectivity index (χ2n) is 17.3. The molecule has 5 heterocycles. The number of amides is 3. The van der Waals surface area contributed by atoms with E-state index >= 15 is 0 Å². The number of benzene rings is 3. The van der Waals surface area contributed by atoms with Crippen molar-refractivity contribution < 1.29 is 23.6 Å². The van der Waals surface area contributed by atoms with Gasteiger partial charge in [0.05, 0.1) is 12.3 Å². The van der Waals surface area contributed by atoms with E-state index in [2.05, 4.69) is 77.6 Å². The van der Waals surface area contributed by atoms with Crippen LogP contribution in [0.3, 0.4) is 0 Å². The molecule has 3 aromatic carbocycles. The highest BCUT2D eigenvalue weighted by molar-refractivity contribution is 6.01. The lowest BCUT2D eigenvalue weighted by Crippen LogP contribution is -2.47. The Balaban J connectivity index is 0.808. The fourth-order valence-electron chi connectivity index (χ4n) is 8.02. The first-order valence-corrected chi connectivity index (χ1v) is 21.1. The number of carbonyl (C=O) groups is 3. The molecule has 61 heavy (non-hydrogen) atoms. The van der Waals surface area contributed by atoms with Gasteiger partial charge in [-0.05, 0) is 117 Å². The van der Waals surface area contributed by atoms with Crippen LogP contribution in [-0.2, 0) is 21.5 Å². The second kappa shape index (κ2) is 17.7. The number of aryl methyl sites for hydroxylation is 2. The summed E-state index contributed by atoms with van der Waals surface area (Å²) < 4.78 is 11.3. The molecule has 4 N–H and O–H groups in total. The summed E-state index contributed by atoms with van der Waals surface area (Å²) in [6, 6.07) is 22.7. The number of likely N-dealkylation sites (tertiary alicyclic amines) is 1. The number of H-pyrrole nitrogens is 1. The molecule has 0 bridgehead atoms. The molecule has 2 fully saturated rings. The molecule has 2 aliphatic rings. The van der Waals surface area contributed by atoms with Crippen molar-refractivity contribution in [2.75, 3.05) is 31.6 Å². The fourth-order valence-corrected chi connectivity index (χ4v) is 8.02. The molecule has 8 rings (SSSR count). The highest BCUT2D eigenvalue weighted by Crippen LogP contribution is 2.33. The predicted octanol–water partition coefficient (Wildman–Crippen LogP) is 7.38. The van der Waals surface area contributed by atoms with E-state index < -0.39 is 11.9 Å². The Morgan fingerprint density at radius 2 is 1.72 bits per heavy atom. The van der Waals surface area contributed by atoms with Crippen LogP contribution in [0, 0.1) is 13.8 Å². The normalized spacial score (nSPS) is 16.4. The minimum atomic E-state index is -0.408. The number of piperidine rings is 2. The summed E-state index contributed by atoms with van der Waals surface area (Å²) in [5.41, 5.74) is 9.59. The number of nitrogens with one attached hydrogen (secondary N) is 4.